The number of rotatable bonds is 6. The van der Waals surface area contributed by atoms with Gasteiger partial charge in [0, 0.05) is 24.2 Å². The third-order valence-electron chi connectivity index (χ3n) is 7.92. The minimum atomic E-state index is -0.178. The fourth-order valence-corrected chi connectivity index (χ4v) is 6.75. The van der Waals surface area contributed by atoms with Crippen LogP contribution < -0.4 is 0 Å². The highest BCUT2D eigenvalue weighted by atomic mass is 16.6. The van der Waals surface area contributed by atoms with Crippen molar-refractivity contribution < 1.29 is 9.47 Å². The lowest BCUT2D eigenvalue weighted by Crippen LogP contribution is -2.74. The van der Waals surface area contributed by atoms with E-state index in [0.29, 0.717) is 24.2 Å². The van der Waals surface area contributed by atoms with Crippen LogP contribution in [0.15, 0.2) is 0 Å². The molecule has 0 aromatic heterocycles. The van der Waals surface area contributed by atoms with Gasteiger partial charge in [-0.25, -0.2) is 0 Å². The second-order valence-electron chi connectivity index (χ2n) is 11.5. The Morgan fingerprint density at radius 2 is 0.767 bits per heavy atom. The highest BCUT2D eigenvalue weighted by molar-refractivity contribution is 5.05. The van der Waals surface area contributed by atoms with Gasteiger partial charge < -0.3 is 9.47 Å². The number of hydrogen-bond donors (Lipinski definition) is 0. The minimum Gasteiger partial charge on any atom is -0.349 e. The van der Waals surface area contributed by atoms with Crippen LogP contribution in [0.25, 0.3) is 0 Å². The summed E-state index contributed by atoms with van der Waals surface area (Å²) in [6.45, 7) is 18.6. The second kappa shape index (κ2) is 9.77. The topological polar surface area (TPSA) is 24.9 Å². The Morgan fingerprint density at radius 1 is 0.500 bits per heavy atom. The van der Waals surface area contributed by atoms with Gasteiger partial charge in [0.15, 0.2) is 0 Å². The highest BCUT2D eigenvalue weighted by Crippen LogP contribution is 2.51. The summed E-state index contributed by atoms with van der Waals surface area (Å²) in [5, 5.41) is 0. The first-order valence-corrected chi connectivity index (χ1v) is 13.0. The predicted octanol–water partition coefficient (Wildman–Crippen LogP) is 6.33. The third kappa shape index (κ3) is 4.63. The van der Waals surface area contributed by atoms with Gasteiger partial charge >= 0.3 is 0 Å². The van der Waals surface area contributed by atoms with E-state index in [0.717, 1.165) is 25.7 Å². The lowest BCUT2D eigenvalue weighted by atomic mass is 9.76. The number of ether oxygens (including phenoxy) is 2. The van der Waals surface area contributed by atoms with E-state index in [9.17, 15) is 0 Å². The molecular formula is C26H50N2O2. The first-order chi connectivity index (χ1) is 14.1. The summed E-state index contributed by atoms with van der Waals surface area (Å²) in [4.78, 5) is 5.24. The van der Waals surface area contributed by atoms with E-state index in [-0.39, 0.29) is 23.7 Å². The van der Waals surface area contributed by atoms with E-state index < -0.39 is 0 Å². The molecule has 3 rings (SSSR count). The molecule has 1 aliphatic heterocycles. The molecule has 2 atom stereocenters. The summed E-state index contributed by atoms with van der Waals surface area (Å²) >= 11 is 0. The Labute approximate surface area is 187 Å². The molecule has 176 valence electrons. The molecule has 1 heterocycles. The summed E-state index contributed by atoms with van der Waals surface area (Å²) < 4.78 is 14.9. The fraction of sp³-hybridized carbons (Fsp3) is 1.00. The maximum atomic E-state index is 7.45. The SMILES string of the molecule is CC(C)N(C(C)C)[C@H]1OC2(CCCCC2)[C@H](N(C(C)C)C(C)C)OC12CCCCC2. The number of nitrogens with zero attached hydrogens (tertiary/aromatic N) is 2. The van der Waals surface area contributed by atoms with E-state index in [2.05, 4.69) is 65.2 Å². The second-order valence-corrected chi connectivity index (χ2v) is 11.5. The average molecular weight is 423 g/mol. The molecule has 3 aliphatic rings. The summed E-state index contributed by atoms with van der Waals surface area (Å²) in [5.41, 5.74) is -0.357. The largest absolute Gasteiger partial charge is 0.349 e. The summed E-state index contributed by atoms with van der Waals surface area (Å²) in [5.74, 6) is 0. The fourth-order valence-electron chi connectivity index (χ4n) is 6.75. The van der Waals surface area contributed by atoms with Gasteiger partial charge in [-0.15, -0.1) is 0 Å². The van der Waals surface area contributed by atoms with E-state index >= 15 is 0 Å². The smallest absolute Gasteiger partial charge is 0.141 e. The maximum Gasteiger partial charge on any atom is 0.141 e. The van der Waals surface area contributed by atoms with Crippen molar-refractivity contribution in [2.45, 2.75) is 167 Å². The van der Waals surface area contributed by atoms with E-state index in [1.165, 1.54) is 38.5 Å². The molecule has 0 unspecified atom stereocenters. The molecule has 4 heteroatoms. The molecule has 0 radical (unpaired) electrons. The molecule has 3 fully saturated rings. The molecule has 2 spiro atoms. The molecule has 0 aromatic rings. The quantitative estimate of drug-likeness (QED) is 0.499. The molecule has 0 bridgehead atoms. The molecule has 4 nitrogen and oxygen atoms in total. The monoisotopic (exact) mass is 422 g/mol. The third-order valence-corrected chi connectivity index (χ3v) is 7.92. The zero-order valence-electron chi connectivity index (χ0n) is 21.2. The Hall–Kier alpha value is -0.160. The van der Waals surface area contributed by atoms with Crippen molar-refractivity contribution >= 4 is 0 Å². The number of hydrogen-bond acceptors (Lipinski definition) is 4. The average Bonchev–Trinajstić information content (AvgIpc) is 2.66. The Kier molecular flexibility index (Phi) is 7.97. The molecule has 2 saturated carbocycles. The summed E-state index contributed by atoms with van der Waals surface area (Å²) in [7, 11) is 0. The Balaban J connectivity index is 2.07. The first kappa shape index (κ1) is 24.5. The predicted molar refractivity (Wildman–Crippen MR) is 126 cm³/mol. The Bertz CT molecular complexity index is 469. The van der Waals surface area contributed by atoms with Crippen LogP contribution in [0.4, 0.5) is 0 Å². The van der Waals surface area contributed by atoms with Crippen LogP contribution in [0.5, 0.6) is 0 Å². The van der Waals surface area contributed by atoms with Crippen molar-refractivity contribution in [1.29, 1.82) is 0 Å². The van der Waals surface area contributed by atoms with Gasteiger partial charge in [-0.1, -0.05) is 38.5 Å². The van der Waals surface area contributed by atoms with Gasteiger partial charge in [0.05, 0.1) is 0 Å². The van der Waals surface area contributed by atoms with Gasteiger partial charge in [-0.05, 0) is 81.1 Å². The van der Waals surface area contributed by atoms with Gasteiger partial charge in [0.25, 0.3) is 0 Å². The zero-order valence-corrected chi connectivity index (χ0v) is 21.2. The van der Waals surface area contributed by atoms with Crippen molar-refractivity contribution in [3.05, 3.63) is 0 Å². The lowest BCUT2D eigenvalue weighted by molar-refractivity contribution is -0.389. The van der Waals surface area contributed by atoms with Gasteiger partial charge in [0.2, 0.25) is 0 Å². The highest BCUT2D eigenvalue weighted by Gasteiger charge is 2.60. The standard InChI is InChI=1S/C26H50N2O2/c1-19(2)27(20(3)4)23-25(15-11-9-12-16-25)30-24(28(21(5)6)22(7)8)26(29-23)17-13-10-14-18-26/h19-24H,9-18H2,1-8H3/t23-,24+. The van der Waals surface area contributed by atoms with Crippen LogP contribution in [0.3, 0.4) is 0 Å². The van der Waals surface area contributed by atoms with Gasteiger partial charge in [-0.3, -0.25) is 9.80 Å². The van der Waals surface area contributed by atoms with Gasteiger partial charge in [0.1, 0.15) is 23.7 Å². The van der Waals surface area contributed by atoms with Crippen LogP contribution >= 0.6 is 0 Å². The normalized spacial score (nSPS) is 29.4. The van der Waals surface area contributed by atoms with Crippen molar-refractivity contribution in [3.63, 3.8) is 0 Å². The van der Waals surface area contributed by atoms with Crippen LogP contribution in [0.1, 0.15) is 120 Å². The summed E-state index contributed by atoms with van der Waals surface area (Å²) in [6.07, 6.45) is 12.3. The van der Waals surface area contributed by atoms with E-state index in [1.807, 2.05) is 0 Å². The van der Waals surface area contributed by atoms with Crippen molar-refractivity contribution in [1.82, 2.24) is 9.80 Å². The van der Waals surface area contributed by atoms with Crippen LogP contribution in [-0.4, -0.2) is 57.6 Å². The maximum absolute atomic E-state index is 7.45. The molecule has 30 heavy (non-hydrogen) atoms. The van der Waals surface area contributed by atoms with Crippen molar-refractivity contribution in [2.75, 3.05) is 0 Å². The minimum absolute atomic E-state index is 0.0633. The Morgan fingerprint density at radius 3 is 1.00 bits per heavy atom. The van der Waals surface area contributed by atoms with Crippen LogP contribution in [0.2, 0.25) is 0 Å². The summed E-state index contributed by atoms with van der Waals surface area (Å²) in [6, 6.07) is 1.78. The molecular weight excluding hydrogens is 372 g/mol. The molecule has 0 amide bonds. The van der Waals surface area contributed by atoms with E-state index in [4.69, 9.17) is 9.47 Å². The van der Waals surface area contributed by atoms with Crippen molar-refractivity contribution in [2.24, 2.45) is 0 Å². The van der Waals surface area contributed by atoms with E-state index in [1.54, 1.807) is 0 Å². The van der Waals surface area contributed by atoms with Crippen molar-refractivity contribution in [3.8, 4) is 0 Å². The molecule has 0 aromatic carbocycles. The zero-order chi connectivity index (χ0) is 22.1. The molecule has 0 N–H and O–H groups in total. The van der Waals surface area contributed by atoms with Gasteiger partial charge in [-0.2, -0.15) is 0 Å². The molecule has 2 aliphatic carbocycles. The first-order valence-electron chi connectivity index (χ1n) is 13.0. The van der Waals surface area contributed by atoms with Crippen LogP contribution in [0, 0.1) is 0 Å². The lowest BCUT2D eigenvalue weighted by Gasteiger charge is -2.63. The molecule has 1 saturated heterocycles. The van der Waals surface area contributed by atoms with Crippen LogP contribution in [-0.2, 0) is 9.47 Å².